The van der Waals surface area contributed by atoms with Crippen LogP contribution in [0.25, 0.3) is 5.32 Å². The van der Waals surface area contributed by atoms with Gasteiger partial charge in [0.15, 0.2) is 0 Å². The summed E-state index contributed by atoms with van der Waals surface area (Å²) in [6.45, 7) is 4.45. The fourth-order valence-corrected chi connectivity index (χ4v) is 5.24. The van der Waals surface area contributed by atoms with Crippen LogP contribution in [-0.2, 0) is 26.2 Å². The van der Waals surface area contributed by atoms with Crippen LogP contribution in [0.15, 0.2) is 41.5 Å². The number of nitrogens with zero attached hydrogens (tertiary/aromatic N) is 1. The van der Waals surface area contributed by atoms with Crippen molar-refractivity contribution in [3.8, 4) is 0 Å². The van der Waals surface area contributed by atoms with Crippen molar-refractivity contribution in [1.82, 2.24) is 0 Å². The molecule has 1 aromatic carbocycles. The molecule has 1 aromatic rings. The molecule has 5 aliphatic rings. The van der Waals surface area contributed by atoms with E-state index in [1.165, 1.54) is 38.5 Å². The van der Waals surface area contributed by atoms with Crippen molar-refractivity contribution in [2.75, 3.05) is 0 Å². The molecule has 0 N–H and O–H groups in total. The summed E-state index contributed by atoms with van der Waals surface area (Å²) in [5.41, 5.74) is 4.64. The topological polar surface area (TPSA) is 14.1 Å². The van der Waals surface area contributed by atoms with E-state index in [1.54, 1.807) is 11.1 Å². The van der Waals surface area contributed by atoms with Gasteiger partial charge in [0, 0.05) is 0 Å². The Morgan fingerprint density at radius 1 is 0.767 bits per heavy atom. The third-order valence-corrected chi connectivity index (χ3v) is 6.57. The van der Waals surface area contributed by atoms with Gasteiger partial charge < -0.3 is 12.2 Å². The molecule has 4 saturated carbocycles. The Labute approximate surface area is 205 Å². The molecule has 0 bridgehead atoms. The fraction of sp³-hybridized carbons (Fsp3) is 0.321. The number of fused-ring (bicyclic) bond motifs is 2. The average molecular weight is 473 g/mol. The minimum Gasteiger partial charge on any atom is -0.677 e. The van der Waals surface area contributed by atoms with Crippen LogP contribution in [0, 0.1) is 83.0 Å². The largest absolute Gasteiger partial charge is 2.00 e. The van der Waals surface area contributed by atoms with Gasteiger partial charge in [0.05, 0.1) is 0 Å². The Bertz CT molecular complexity index is 633. The summed E-state index contributed by atoms with van der Waals surface area (Å²) in [7, 11) is 0. The molecule has 0 unspecified atom stereocenters. The summed E-state index contributed by atoms with van der Waals surface area (Å²) in [4.78, 5) is 0. The van der Waals surface area contributed by atoms with Crippen molar-refractivity contribution in [1.29, 1.82) is 0 Å². The van der Waals surface area contributed by atoms with Gasteiger partial charge in [-0.3, -0.25) is 0 Å². The molecule has 1 nitrogen and oxygen atoms in total. The first-order valence-electron chi connectivity index (χ1n) is 11.0. The number of hydrogen-bond acceptors (Lipinski definition) is 0. The third-order valence-electron chi connectivity index (χ3n) is 6.57. The molecule has 10 radical (unpaired) electrons. The Kier molecular flexibility index (Phi) is 9.74. The molecule has 0 aliphatic heterocycles. The Hall–Kier alpha value is -0.357. The summed E-state index contributed by atoms with van der Waals surface area (Å²) < 4.78 is 0. The summed E-state index contributed by atoms with van der Waals surface area (Å²) in [6.07, 6.45) is 27.8. The maximum Gasteiger partial charge on any atom is 2.00 e. The van der Waals surface area contributed by atoms with E-state index in [2.05, 4.69) is 37.3 Å². The molecule has 0 amide bonds. The van der Waals surface area contributed by atoms with Gasteiger partial charge in [0.1, 0.15) is 0 Å². The second kappa shape index (κ2) is 12.0. The summed E-state index contributed by atoms with van der Waals surface area (Å²) in [5, 5.41) is 5.19. The fourth-order valence-electron chi connectivity index (χ4n) is 5.24. The third kappa shape index (κ3) is 5.71. The van der Waals surface area contributed by atoms with Crippen LogP contribution in [-0.4, -0.2) is 5.54 Å². The van der Waals surface area contributed by atoms with E-state index in [9.17, 15) is 0 Å². The zero-order valence-electron chi connectivity index (χ0n) is 17.7. The number of benzene rings is 1. The molecule has 4 fully saturated rings. The van der Waals surface area contributed by atoms with Gasteiger partial charge in [-0.2, -0.15) is 5.92 Å². The second-order valence-electron chi connectivity index (χ2n) is 8.33. The Morgan fingerprint density at radius 3 is 1.90 bits per heavy atom. The van der Waals surface area contributed by atoms with Crippen LogP contribution >= 0.6 is 0 Å². The monoisotopic (exact) mass is 471 g/mol. The molecule has 0 saturated heterocycles. The predicted molar refractivity (Wildman–Crippen MR) is 122 cm³/mol. The van der Waals surface area contributed by atoms with Gasteiger partial charge in [0.2, 0.25) is 0 Å². The summed E-state index contributed by atoms with van der Waals surface area (Å²) in [6, 6.07) is 10.5. The molecule has 6 rings (SSSR count). The van der Waals surface area contributed by atoms with E-state index >= 15 is 0 Å². The second-order valence-corrected chi connectivity index (χ2v) is 8.33. The smallest absolute Gasteiger partial charge is 0.677 e. The van der Waals surface area contributed by atoms with Crippen LogP contribution in [0.3, 0.4) is 0 Å². The van der Waals surface area contributed by atoms with Gasteiger partial charge in [-0.15, -0.1) is 11.2 Å². The van der Waals surface area contributed by atoms with E-state index in [1.807, 2.05) is 64.2 Å². The number of rotatable bonds is 2. The number of allylic oxidation sites excluding steroid dienone is 1. The molecule has 0 aromatic heterocycles. The first-order valence-corrected chi connectivity index (χ1v) is 11.0. The minimum atomic E-state index is 0. The first kappa shape index (κ1) is 24.3. The van der Waals surface area contributed by atoms with Crippen LogP contribution < -0.4 is 0 Å². The van der Waals surface area contributed by atoms with E-state index in [0.717, 1.165) is 11.6 Å². The SMILES string of the molecule is [CH2-][C@@H]1CCC2=C3CCC[C@@H]3C[C@]21[N-]c1ccccc1.[CH]1[CH][CH][CH][CH]1.[CH]1[CH][CH][CH][CH]1.[Zr+2]. The van der Waals surface area contributed by atoms with Crippen LogP contribution in [0.1, 0.15) is 38.5 Å². The number of hydrogen-bond donors (Lipinski definition) is 0. The van der Waals surface area contributed by atoms with Crippen molar-refractivity contribution in [3.63, 3.8) is 0 Å². The van der Waals surface area contributed by atoms with Crippen LogP contribution in [0.5, 0.6) is 0 Å². The predicted octanol–water partition coefficient (Wildman–Crippen LogP) is 7.22. The molecule has 2 heteroatoms. The van der Waals surface area contributed by atoms with Crippen molar-refractivity contribution in [3.05, 3.63) is 118 Å². The normalized spacial score (nSPS) is 31.1. The molecule has 3 atom stereocenters. The average Bonchev–Trinajstić information content (AvgIpc) is 3.55. The molecular weight excluding hydrogens is 442 g/mol. The van der Waals surface area contributed by atoms with Crippen molar-refractivity contribution >= 4 is 5.69 Å². The quantitative estimate of drug-likeness (QED) is 0.319. The van der Waals surface area contributed by atoms with E-state index < -0.39 is 0 Å². The maximum absolute atomic E-state index is 5.19. The van der Waals surface area contributed by atoms with Crippen LogP contribution in [0.2, 0.25) is 0 Å². The molecule has 30 heavy (non-hydrogen) atoms. The van der Waals surface area contributed by atoms with Crippen molar-refractivity contribution in [2.45, 2.75) is 44.1 Å². The van der Waals surface area contributed by atoms with Crippen molar-refractivity contribution in [2.24, 2.45) is 11.8 Å². The maximum atomic E-state index is 5.19. The minimum absolute atomic E-state index is 0. The Balaban J connectivity index is 0.000000192. The standard InChI is InChI=1S/C18H21N.2C5H5.Zr/c1-13-10-11-17-16-9-5-6-14(16)12-18(13,17)19-15-7-3-2-4-8-15;2*1-2-4-5-3-1;/h2-4,7-8,13-14H,1,5-6,9-12H2;2*1-5H;/q-2;;;+2/t13-,14-,18-;;;/m1.../s1. The van der Waals surface area contributed by atoms with Gasteiger partial charge in [-0.05, 0) is 95.8 Å². The van der Waals surface area contributed by atoms with E-state index in [-0.39, 0.29) is 31.7 Å². The van der Waals surface area contributed by atoms with Gasteiger partial charge in [0.25, 0.3) is 0 Å². The first-order chi connectivity index (χ1) is 14.3. The molecular formula is C28H31NZr. The molecule has 5 aliphatic carbocycles. The van der Waals surface area contributed by atoms with Crippen LogP contribution in [0.4, 0.5) is 5.69 Å². The van der Waals surface area contributed by atoms with Gasteiger partial charge in [-0.25, -0.2) is 0 Å². The van der Waals surface area contributed by atoms with Crippen molar-refractivity contribution < 1.29 is 26.2 Å². The molecule has 0 spiro atoms. The van der Waals surface area contributed by atoms with E-state index in [0.29, 0.717) is 5.92 Å². The van der Waals surface area contributed by atoms with E-state index in [4.69, 9.17) is 5.32 Å². The van der Waals surface area contributed by atoms with Gasteiger partial charge >= 0.3 is 26.2 Å². The number of para-hydroxylation sites is 1. The van der Waals surface area contributed by atoms with Gasteiger partial charge in [-0.1, -0.05) is 54.3 Å². The summed E-state index contributed by atoms with van der Waals surface area (Å²) in [5.74, 6) is 1.30. The zero-order valence-corrected chi connectivity index (χ0v) is 20.2. The zero-order chi connectivity index (χ0) is 19.9. The summed E-state index contributed by atoms with van der Waals surface area (Å²) >= 11 is 0. The molecule has 152 valence electrons. The molecule has 0 heterocycles. The Morgan fingerprint density at radius 2 is 1.33 bits per heavy atom.